The molecule has 0 N–H and O–H groups in total. The number of rotatable bonds is 1. The lowest BCUT2D eigenvalue weighted by Crippen LogP contribution is -2.44. The van der Waals surface area contributed by atoms with Gasteiger partial charge in [-0.05, 0) is 24.6 Å². The van der Waals surface area contributed by atoms with Gasteiger partial charge in [0, 0.05) is 18.4 Å². The van der Waals surface area contributed by atoms with Gasteiger partial charge in [0.2, 0.25) is 11.8 Å². The Kier molecular flexibility index (Phi) is 3.20. The molecule has 0 aromatic heterocycles. The second-order valence-corrected chi connectivity index (χ2v) is 3.97. The van der Waals surface area contributed by atoms with Crippen molar-refractivity contribution in [3.05, 3.63) is 35.4 Å². The van der Waals surface area contributed by atoms with Crippen molar-refractivity contribution in [2.45, 2.75) is 19.3 Å². The van der Waals surface area contributed by atoms with Crippen LogP contribution in [0.2, 0.25) is 0 Å². The molecule has 3 amide bonds. The van der Waals surface area contributed by atoms with Crippen molar-refractivity contribution in [2.24, 2.45) is 0 Å². The zero-order valence-electron chi connectivity index (χ0n) is 9.55. The third-order valence-electron chi connectivity index (χ3n) is 2.72. The Morgan fingerprint density at radius 2 is 1.89 bits per heavy atom. The molecule has 0 saturated carbocycles. The zero-order valence-corrected chi connectivity index (χ0v) is 9.55. The summed E-state index contributed by atoms with van der Waals surface area (Å²) >= 11 is 0. The quantitative estimate of drug-likeness (QED) is 0.694. The van der Waals surface area contributed by atoms with E-state index in [-0.39, 0.29) is 18.4 Å². The van der Waals surface area contributed by atoms with Crippen LogP contribution in [0, 0.1) is 11.3 Å². The number of hydrogen-bond donors (Lipinski definition) is 0. The summed E-state index contributed by atoms with van der Waals surface area (Å²) < 4.78 is 0. The highest BCUT2D eigenvalue weighted by molar-refractivity contribution is 6.17. The first-order valence-electron chi connectivity index (χ1n) is 5.54. The number of carbonyl (C=O) groups is 3. The molecule has 18 heavy (non-hydrogen) atoms. The third-order valence-corrected chi connectivity index (χ3v) is 2.72. The monoisotopic (exact) mass is 242 g/mol. The topological polar surface area (TPSA) is 78.2 Å². The van der Waals surface area contributed by atoms with Gasteiger partial charge in [-0.1, -0.05) is 6.07 Å². The minimum atomic E-state index is -0.651. The van der Waals surface area contributed by atoms with Gasteiger partial charge in [-0.15, -0.1) is 0 Å². The highest BCUT2D eigenvalue weighted by Crippen LogP contribution is 2.16. The SMILES string of the molecule is N#Cc1cccc(C(=O)N2C(=O)CCCC2=O)c1. The summed E-state index contributed by atoms with van der Waals surface area (Å²) in [5, 5.41) is 8.75. The summed E-state index contributed by atoms with van der Waals surface area (Å²) in [7, 11) is 0. The Labute approximate surface area is 104 Å². The summed E-state index contributed by atoms with van der Waals surface area (Å²) in [6.45, 7) is 0. The molecule has 2 rings (SSSR count). The molecule has 0 spiro atoms. The molecule has 1 aliphatic heterocycles. The van der Waals surface area contributed by atoms with Gasteiger partial charge in [0.15, 0.2) is 0 Å². The van der Waals surface area contributed by atoms with E-state index < -0.39 is 17.7 Å². The molecule has 0 atom stereocenters. The molecule has 90 valence electrons. The molecular formula is C13H10N2O3. The Balaban J connectivity index is 2.33. The van der Waals surface area contributed by atoms with Crippen molar-refractivity contribution in [1.29, 1.82) is 5.26 Å². The van der Waals surface area contributed by atoms with E-state index in [0.717, 1.165) is 0 Å². The van der Waals surface area contributed by atoms with Crippen molar-refractivity contribution < 1.29 is 14.4 Å². The van der Waals surface area contributed by atoms with Gasteiger partial charge in [0.05, 0.1) is 11.6 Å². The summed E-state index contributed by atoms with van der Waals surface area (Å²) in [6.07, 6.45) is 0.893. The number of hydrogen-bond acceptors (Lipinski definition) is 4. The summed E-state index contributed by atoms with van der Waals surface area (Å²) in [6, 6.07) is 7.86. The molecule has 0 unspecified atom stereocenters. The first-order chi connectivity index (χ1) is 8.63. The number of benzene rings is 1. The van der Waals surface area contributed by atoms with Gasteiger partial charge in [-0.2, -0.15) is 5.26 Å². The number of carbonyl (C=O) groups excluding carboxylic acids is 3. The van der Waals surface area contributed by atoms with Crippen molar-refractivity contribution in [2.75, 3.05) is 0 Å². The first-order valence-corrected chi connectivity index (χ1v) is 5.54. The number of piperidine rings is 1. The van der Waals surface area contributed by atoms with Gasteiger partial charge >= 0.3 is 0 Å². The molecular weight excluding hydrogens is 232 g/mol. The van der Waals surface area contributed by atoms with Gasteiger partial charge in [0.1, 0.15) is 0 Å². The maximum absolute atomic E-state index is 12.1. The van der Waals surface area contributed by atoms with Crippen molar-refractivity contribution in [1.82, 2.24) is 4.90 Å². The fourth-order valence-corrected chi connectivity index (χ4v) is 1.83. The van der Waals surface area contributed by atoms with Gasteiger partial charge in [0.25, 0.3) is 5.91 Å². The molecule has 1 fully saturated rings. The zero-order chi connectivity index (χ0) is 13.1. The second kappa shape index (κ2) is 4.80. The normalized spacial score (nSPS) is 15.4. The van der Waals surface area contributed by atoms with Crippen molar-refractivity contribution in [3.63, 3.8) is 0 Å². The average Bonchev–Trinajstić information content (AvgIpc) is 2.38. The third kappa shape index (κ3) is 2.13. The minimum Gasteiger partial charge on any atom is -0.274 e. The van der Waals surface area contributed by atoms with Crippen LogP contribution in [0.3, 0.4) is 0 Å². The van der Waals surface area contributed by atoms with Crippen molar-refractivity contribution in [3.8, 4) is 6.07 Å². The van der Waals surface area contributed by atoms with Crippen LogP contribution in [-0.4, -0.2) is 22.6 Å². The Hall–Kier alpha value is -2.48. The van der Waals surface area contributed by atoms with Crippen LogP contribution in [0.1, 0.15) is 35.2 Å². The van der Waals surface area contributed by atoms with E-state index in [2.05, 4.69) is 0 Å². The summed E-state index contributed by atoms with van der Waals surface area (Å²) in [5.74, 6) is -1.60. The van der Waals surface area contributed by atoms with Crippen LogP contribution in [0.4, 0.5) is 0 Å². The number of likely N-dealkylation sites (tertiary alicyclic amines) is 1. The van der Waals surface area contributed by atoms with Crippen LogP contribution in [0.25, 0.3) is 0 Å². The number of amides is 3. The van der Waals surface area contributed by atoms with E-state index >= 15 is 0 Å². The smallest absolute Gasteiger partial charge is 0.267 e. The summed E-state index contributed by atoms with van der Waals surface area (Å²) in [4.78, 5) is 35.9. The molecule has 5 heteroatoms. The van der Waals surface area contributed by atoms with Gasteiger partial charge in [-0.3, -0.25) is 14.4 Å². The van der Waals surface area contributed by atoms with Gasteiger partial charge in [-0.25, -0.2) is 4.90 Å². The molecule has 1 saturated heterocycles. The fraction of sp³-hybridized carbons (Fsp3) is 0.231. The van der Waals surface area contributed by atoms with Crippen LogP contribution in [-0.2, 0) is 9.59 Å². The molecule has 0 bridgehead atoms. The number of nitrogens with zero attached hydrogens (tertiary/aromatic N) is 2. The Bertz CT molecular complexity index is 556. The largest absolute Gasteiger partial charge is 0.274 e. The Morgan fingerprint density at radius 1 is 1.22 bits per heavy atom. The van der Waals surface area contributed by atoms with Gasteiger partial charge < -0.3 is 0 Å². The lowest BCUT2D eigenvalue weighted by atomic mass is 10.1. The molecule has 0 aliphatic carbocycles. The first kappa shape index (κ1) is 12.0. The molecule has 1 heterocycles. The highest BCUT2D eigenvalue weighted by atomic mass is 16.2. The van der Waals surface area contributed by atoms with Crippen LogP contribution in [0.5, 0.6) is 0 Å². The predicted octanol–water partition coefficient (Wildman–Crippen LogP) is 1.24. The van der Waals surface area contributed by atoms with E-state index in [0.29, 0.717) is 16.9 Å². The van der Waals surface area contributed by atoms with E-state index in [1.807, 2.05) is 6.07 Å². The predicted molar refractivity (Wildman–Crippen MR) is 61.2 cm³/mol. The summed E-state index contributed by atoms with van der Waals surface area (Å²) in [5.41, 5.74) is 0.496. The minimum absolute atomic E-state index is 0.178. The molecule has 1 aromatic rings. The lowest BCUT2D eigenvalue weighted by molar-refractivity contribution is -0.144. The van der Waals surface area contributed by atoms with Crippen LogP contribution >= 0.6 is 0 Å². The molecule has 1 aliphatic rings. The van der Waals surface area contributed by atoms with E-state index in [1.165, 1.54) is 12.1 Å². The van der Waals surface area contributed by atoms with E-state index in [1.54, 1.807) is 12.1 Å². The molecule has 5 nitrogen and oxygen atoms in total. The highest BCUT2D eigenvalue weighted by Gasteiger charge is 2.32. The van der Waals surface area contributed by atoms with E-state index in [4.69, 9.17) is 5.26 Å². The van der Waals surface area contributed by atoms with Crippen LogP contribution in [0.15, 0.2) is 24.3 Å². The average molecular weight is 242 g/mol. The standard InChI is InChI=1S/C13H10N2O3/c14-8-9-3-1-4-10(7-9)13(18)15-11(16)5-2-6-12(15)17/h1,3-4,7H,2,5-6H2. The fourth-order valence-electron chi connectivity index (χ4n) is 1.83. The Morgan fingerprint density at radius 3 is 2.50 bits per heavy atom. The number of imide groups is 3. The lowest BCUT2D eigenvalue weighted by Gasteiger charge is -2.22. The molecule has 0 radical (unpaired) electrons. The number of nitriles is 1. The second-order valence-electron chi connectivity index (χ2n) is 3.97. The van der Waals surface area contributed by atoms with E-state index in [9.17, 15) is 14.4 Å². The van der Waals surface area contributed by atoms with Crippen LogP contribution < -0.4 is 0 Å². The van der Waals surface area contributed by atoms with Crippen molar-refractivity contribution >= 4 is 17.7 Å². The maximum atomic E-state index is 12.1. The molecule has 1 aromatic carbocycles. The maximum Gasteiger partial charge on any atom is 0.267 e.